The normalized spacial score (nSPS) is 12.3. The molecule has 0 aliphatic carbocycles. The van der Waals surface area contributed by atoms with Crippen LogP contribution in [0.4, 0.5) is 0 Å². The second-order valence-electron chi connectivity index (χ2n) is 4.05. The predicted molar refractivity (Wildman–Crippen MR) is 69.2 cm³/mol. The lowest BCUT2D eigenvalue weighted by Gasteiger charge is -2.11. The van der Waals surface area contributed by atoms with Gasteiger partial charge in [-0.2, -0.15) is 5.10 Å². The van der Waals surface area contributed by atoms with Gasteiger partial charge in [-0.3, -0.25) is 5.10 Å². The van der Waals surface area contributed by atoms with Gasteiger partial charge in [0, 0.05) is 6.54 Å². The molecule has 0 radical (unpaired) electrons. The first-order valence-corrected chi connectivity index (χ1v) is 6.10. The van der Waals surface area contributed by atoms with Crippen molar-refractivity contribution in [3.63, 3.8) is 0 Å². The van der Waals surface area contributed by atoms with Gasteiger partial charge in [-0.1, -0.05) is 12.1 Å². The van der Waals surface area contributed by atoms with E-state index in [1.54, 1.807) is 0 Å². The van der Waals surface area contributed by atoms with E-state index in [9.17, 15) is 0 Å². The van der Waals surface area contributed by atoms with Crippen molar-refractivity contribution >= 4 is 0 Å². The fourth-order valence-electron chi connectivity index (χ4n) is 1.66. The molecule has 1 heterocycles. The Bertz CT molecular complexity index is 452. The zero-order valence-corrected chi connectivity index (χ0v) is 10.7. The second kappa shape index (κ2) is 6.16. The van der Waals surface area contributed by atoms with Crippen LogP contribution in [0.3, 0.4) is 0 Å². The summed E-state index contributed by atoms with van der Waals surface area (Å²) in [7, 11) is 0. The number of benzene rings is 1. The molecular formula is C13H18N4O. The summed E-state index contributed by atoms with van der Waals surface area (Å²) < 4.78 is 5.40. The van der Waals surface area contributed by atoms with E-state index in [0.29, 0.717) is 6.61 Å². The van der Waals surface area contributed by atoms with Crippen LogP contribution in [0.15, 0.2) is 30.6 Å². The molecule has 0 amide bonds. The number of aromatic amines is 1. The highest BCUT2D eigenvalue weighted by atomic mass is 16.5. The van der Waals surface area contributed by atoms with Crippen LogP contribution < -0.4 is 10.1 Å². The quantitative estimate of drug-likeness (QED) is 0.819. The van der Waals surface area contributed by atoms with Crippen LogP contribution in [0, 0.1) is 0 Å². The lowest BCUT2D eigenvalue weighted by atomic mass is 10.2. The zero-order chi connectivity index (χ0) is 12.8. The minimum atomic E-state index is 0.152. The standard InChI is InChI=1S/C13H18N4O/c1-3-18-12-6-4-11(5-7-12)8-14-10(2)13-15-9-16-17-13/h4-7,9-10,14H,3,8H2,1-2H3,(H,15,16,17). The van der Waals surface area contributed by atoms with Crippen LogP contribution in [0.2, 0.25) is 0 Å². The van der Waals surface area contributed by atoms with E-state index < -0.39 is 0 Å². The minimum absolute atomic E-state index is 0.152. The summed E-state index contributed by atoms with van der Waals surface area (Å²) in [6, 6.07) is 8.24. The Morgan fingerprint density at radius 2 is 2.11 bits per heavy atom. The Balaban J connectivity index is 1.86. The Kier molecular flexibility index (Phi) is 4.30. The minimum Gasteiger partial charge on any atom is -0.494 e. The SMILES string of the molecule is CCOc1ccc(CNC(C)c2ncn[nH]2)cc1. The molecule has 2 N–H and O–H groups in total. The van der Waals surface area contributed by atoms with Crippen LogP contribution in [0.5, 0.6) is 5.75 Å². The van der Waals surface area contributed by atoms with Crippen molar-refractivity contribution in [3.05, 3.63) is 42.0 Å². The van der Waals surface area contributed by atoms with Gasteiger partial charge in [0.1, 0.15) is 17.9 Å². The molecule has 18 heavy (non-hydrogen) atoms. The highest BCUT2D eigenvalue weighted by Crippen LogP contribution is 2.13. The molecule has 1 unspecified atom stereocenters. The number of H-pyrrole nitrogens is 1. The number of nitrogens with zero attached hydrogens (tertiary/aromatic N) is 2. The van der Waals surface area contributed by atoms with Crippen molar-refractivity contribution in [2.24, 2.45) is 0 Å². The predicted octanol–water partition coefficient (Wildman–Crippen LogP) is 2.05. The van der Waals surface area contributed by atoms with E-state index in [2.05, 4.69) is 39.6 Å². The van der Waals surface area contributed by atoms with Crippen molar-refractivity contribution in [2.75, 3.05) is 6.61 Å². The van der Waals surface area contributed by atoms with Crippen molar-refractivity contribution in [2.45, 2.75) is 26.4 Å². The Labute approximate surface area is 107 Å². The van der Waals surface area contributed by atoms with Crippen molar-refractivity contribution < 1.29 is 4.74 Å². The largest absolute Gasteiger partial charge is 0.494 e. The molecule has 2 aromatic rings. The molecular weight excluding hydrogens is 228 g/mol. The van der Waals surface area contributed by atoms with Gasteiger partial charge in [0.15, 0.2) is 0 Å². The molecule has 0 aliphatic rings. The summed E-state index contributed by atoms with van der Waals surface area (Å²) in [5.74, 6) is 1.76. The number of nitrogens with one attached hydrogen (secondary N) is 2. The van der Waals surface area contributed by atoms with Crippen LogP contribution >= 0.6 is 0 Å². The number of hydrogen-bond acceptors (Lipinski definition) is 4. The average Bonchev–Trinajstić information content (AvgIpc) is 2.92. The van der Waals surface area contributed by atoms with E-state index in [0.717, 1.165) is 18.1 Å². The Morgan fingerprint density at radius 1 is 1.33 bits per heavy atom. The summed E-state index contributed by atoms with van der Waals surface area (Å²) in [4.78, 5) is 4.12. The first-order chi connectivity index (χ1) is 8.79. The van der Waals surface area contributed by atoms with Crippen molar-refractivity contribution in [1.82, 2.24) is 20.5 Å². The summed E-state index contributed by atoms with van der Waals surface area (Å²) in [5.41, 5.74) is 1.21. The molecule has 0 aliphatic heterocycles. The third kappa shape index (κ3) is 3.30. The molecule has 5 nitrogen and oxygen atoms in total. The second-order valence-corrected chi connectivity index (χ2v) is 4.05. The van der Waals surface area contributed by atoms with Crippen LogP contribution in [-0.2, 0) is 6.54 Å². The van der Waals surface area contributed by atoms with Gasteiger partial charge >= 0.3 is 0 Å². The van der Waals surface area contributed by atoms with Gasteiger partial charge in [0.2, 0.25) is 0 Å². The van der Waals surface area contributed by atoms with Gasteiger partial charge < -0.3 is 10.1 Å². The molecule has 0 fully saturated rings. The summed E-state index contributed by atoms with van der Waals surface area (Å²) in [5, 5.41) is 10.1. The van der Waals surface area contributed by atoms with Gasteiger partial charge in [-0.25, -0.2) is 4.98 Å². The first-order valence-electron chi connectivity index (χ1n) is 6.10. The lowest BCUT2D eigenvalue weighted by Crippen LogP contribution is -2.19. The smallest absolute Gasteiger partial charge is 0.141 e. The number of rotatable bonds is 6. The molecule has 0 bridgehead atoms. The highest BCUT2D eigenvalue weighted by Gasteiger charge is 2.07. The molecule has 2 rings (SSSR count). The third-order valence-corrected chi connectivity index (χ3v) is 2.69. The lowest BCUT2D eigenvalue weighted by molar-refractivity contribution is 0.340. The number of ether oxygens (including phenoxy) is 1. The molecule has 1 aromatic heterocycles. The van der Waals surface area contributed by atoms with Crippen LogP contribution in [-0.4, -0.2) is 21.8 Å². The van der Waals surface area contributed by atoms with Crippen LogP contribution in [0.25, 0.3) is 0 Å². The molecule has 0 saturated carbocycles. The molecule has 0 saturated heterocycles. The molecule has 1 aromatic carbocycles. The van der Waals surface area contributed by atoms with Crippen molar-refractivity contribution in [3.8, 4) is 5.75 Å². The molecule has 96 valence electrons. The molecule has 0 spiro atoms. The van der Waals surface area contributed by atoms with E-state index in [-0.39, 0.29) is 6.04 Å². The van der Waals surface area contributed by atoms with E-state index in [4.69, 9.17) is 4.74 Å². The van der Waals surface area contributed by atoms with Crippen molar-refractivity contribution in [1.29, 1.82) is 0 Å². The highest BCUT2D eigenvalue weighted by molar-refractivity contribution is 5.27. The summed E-state index contributed by atoms with van der Waals surface area (Å²) >= 11 is 0. The Hall–Kier alpha value is -1.88. The maximum Gasteiger partial charge on any atom is 0.141 e. The fraction of sp³-hybridized carbons (Fsp3) is 0.385. The average molecular weight is 246 g/mol. The van der Waals surface area contributed by atoms with Gasteiger partial charge in [0.25, 0.3) is 0 Å². The number of hydrogen-bond donors (Lipinski definition) is 2. The summed E-state index contributed by atoms with van der Waals surface area (Å²) in [6.45, 7) is 5.51. The maximum atomic E-state index is 5.40. The monoisotopic (exact) mass is 246 g/mol. The fourth-order valence-corrected chi connectivity index (χ4v) is 1.66. The van der Waals surface area contributed by atoms with E-state index in [1.165, 1.54) is 11.9 Å². The van der Waals surface area contributed by atoms with Gasteiger partial charge in [-0.15, -0.1) is 0 Å². The molecule has 5 heteroatoms. The number of aromatic nitrogens is 3. The van der Waals surface area contributed by atoms with Crippen LogP contribution in [0.1, 0.15) is 31.3 Å². The zero-order valence-electron chi connectivity index (χ0n) is 10.7. The Morgan fingerprint density at radius 3 is 2.72 bits per heavy atom. The van der Waals surface area contributed by atoms with E-state index in [1.807, 2.05) is 19.1 Å². The third-order valence-electron chi connectivity index (χ3n) is 2.69. The maximum absolute atomic E-state index is 5.40. The van der Waals surface area contributed by atoms with Gasteiger partial charge in [-0.05, 0) is 31.5 Å². The first kappa shape index (κ1) is 12.6. The van der Waals surface area contributed by atoms with Gasteiger partial charge in [0.05, 0.1) is 12.6 Å². The molecule has 1 atom stereocenters. The topological polar surface area (TPSA) is 62.8 Å². The van der Waals surface area contributed by atoms with E-state index >= 15 is 0 Å². The summed E-state index contributed by atoms with van der Waals surface area (Å²) in [6.07, 6.45) is 1.52.